The van der Waals surface area contributed by atoms with Gasteiger partial charge in [0.1, 0.15) is 0 Å². The van der Waals surface area contributed by atoms with E-state index in [4.69, 9.17) is 0 Å². The largest absolute Gasteiger partial charge is 4.00 e. The van der Waals surface area contributed by atoms with Crippen molar-refractivity contribution >= 4 is 69.0 Å². The van der Waals surface area contributed by atoms with E-state index in [1.54, 1.807) is 28.2 Å². The minimum Gasteiger partial charge on any atom is -0.668 e. The van der Waals surface area contributed by atoms with Crippen LogP contribution < -0.4 is 0 Å². The van der Waals surface area contributed by atoms with Crippen molar-refractivity contribution in [2.45, 2.75) is 0 Å². The van der Waals surface area contributed by atoms with Crippen molar-refractivity contribution in [2.75, 3.05) is 28.2 Å². The maximum Gasteiger partial charge on any atom is 4.00 e. The maximum atomic E-state index is 3.58. The van der Waals surface area contributed by atoms with Gasteiger partial charge in [-0.25, -0.2) is 0 Å². The molecule has 0 radical (unpaired) electrons. The molecule has 0 fully saturated rings. The van der Waals surface area contributed by atoms with E-state index in [0.717, 1.165) is 4.47 Å². The fourth-order valence-corrected chi connectivity index (χ4v) is 5.71. The van der Waals surface area contributed by atoms with Gasteiger partial charge in [-0.05, 0) is 10.5 Å². The number of rotatable bonds is 1. The Balaban J connectivity index is 0.000000176. The fraction of sp³-hybridized carbons (Fsp3) is 0.118. The summed E-state index contributed by atoms with van der Waals surface area (Å²) in [6.07, 6.45) is 0. The SMILES string of the molecule is Brc1cccc2cc(-c3ccccc3)[cH-]c12.C[N-]C.C[N-]C.[Zr+4].c1cc2cc(c1)c1cc3cc(ccc3[cH-]1)s2. The molecule has 6 aromatic carbocycles. The summed E-state index contributed by atoms with van der Waals surface area (Å²) in [5.74, 6) is 0. The Morgan fingerprint density at radius 1 is 0.590 bits per heavy atom. The summed E-state index contributed by atoms with van der Waals surface area (Å²) in [7, 11) is 7.00. The Morgan fingerprint density at radius 2 is 1.23 bits per heavy atom. The van der Waals surface area contributed by atoms with Gasteiger partial charge in [0.15, 0.2) is 0 Å². The molecule has 194 valence electrons. The quantitative estimate of drug-likeness (QED) is 0.156. The third-order valence-corrected chi connectivity index (χ3v) is 7.56. The zero-order chi connectivity index (χ0) is 26.9. The molecule has 0 aliphatic rings. The molecule has 0 saturated heterocycles. The molecule has 0 amide bonds. The zero-order valence-corrected chi connectivity index (χ0v) is 27.5. The molecule has 0 aliphatic carbocycles. The van der Waals surface area contributed by atoms with Crippen LogP contribution in [-0.2, 0) is 26.2 Å². The van der Waals surface area contributed by atoms with Crippen LogP contribution >= 0.6 is 27.3 Å². The number of halogens is 1. The topological polar surface area (TPSA) is 28.2 Å². The van der Waals surface area contributed by atoms with Crippen molar-refractivity contribution in [1.29, 1.82) is 0 Å². The normalized spacial score (nSPS) is 10.2. The maximum absolute atomic E-state index is 3.58. The molecule has 1 aromatic heterocycles. The molecule has 0 atom stereocenters. The molecule has 7 aromatic rings. The van der Waals surface area contributed by atoms with Gasteiger partial charge < -0.3 is 10.6 Å². The van der Waals surface area contributed by atoms with Crippen LogP contribution in [0.1, 0.15) is 0 Å². The van der Waals surface area contributed by atoms with E-state index in [9.17, 15) is 0 Å². The van der Waals surface area contributed by atoms with Gasteiger partial charge in [-0.3, -0.25) is 0 Å². The summed E-state index contributed by atoms with van der Waals surface area (Å²) in [5, 5.41) is 14.9. The van der Waals surface area contributed by atoms with Crippen LogP contribution in [-0.4, -0.2) is 28.2 Å². The van der Waals surface area contributed by atoms with E-state index in [1.165, 1.54) is 52.8 Å². The van der Waals surface area contributed by atoms with Crippen LogP contribution in [0.4, 0.5) is 0 Å². The van der Waals surface area contributed by atoms with Crippen LogP contribution in [0.15, 0.2) is 120 Å². The molecular weight excluding hydrogens is 640 g/mol. The van der Waals surface area contributed by atoms with Gasteiger partial charge in [0.25, 0.3) is 0 Å². The third-order valence-electron chi connectivity index (χ3n) is 5.89. The van der Waals surface area contributed by atoms with E-state index in [1.807, 2.05) is 17.4 Å². The average molecular weight is 671 g/mol. The van der Waals surface area contributed by atoms with E-state index >= 15 is 0 Å². The Hall–Kier alpha value is -2.40. The van der Waals surface area contributed by atoms with E-state index in [2.05, 4.69) is 136 Å². The number of hydrogen-bond donors (Lipinski definition) is 0. The Kier molecular flexibility index (Phi) is 12.3. The first-order valence-electron chi connectivity index (χ1n) is 12.4. The van der Waals surface area contributed by atoms with Gasteiger partial charge in [-0.2, -0.15) is 28.2 Å². The molecule has 0 unspecified atom stereocenters. The van der Waals surface area contributed by atoms with Gasteiger partial charge in [-0.1, -0.05) is 89.8 Å². The first kappa shape index (κ1) is 31.1. The van der Waals surface area contributed by atoms with Crippen molar-refractivity contribution in [3.63, 3.8) is 0 Å². The van der Waals surface area contributed by atoms with Crippen molar-refractivity contribution in [3.05, 3.63) is 130 Å². The molecule has 5 heteroatoms. The van der Waals surface area contributed by atoms with Crippen molar-refractivity contribution in [2.24, 2.45) is 0 Å². The minimum absolute atomic E-state index is 0. The van der Waals surface area contributed by atoms with Gasteiger partial charge in [0, 0.05) is 9.40 Å². The summed E-state index contributed by atoms with van der Waals surface area (Å²) in [4.78, 5) is 0. The molecule has 39 heavy (non-hydrogen) atoms. The second kappa shape index (κ2) is 15.4. The molecule has 5 bridgehead atoms. The van der Waals surface area contributed by atoms with Gasteiger partial charge in [-0.15, -0.1) is 90.1 Å². The number of nitrogens with zero attached hydrogens (tertiary/aromatic N) is 2. The number of benzene rings is 4. The average Bonchev–Trinajstić information content (AvgIpc) is 3.56. The van der Waals surface area contributed by atoms with Crippen LogP contribution in [0, 0.1) is 0 Å². The van der Waals surface area contributed by atoms with Gasteiger partial charge in [0.2, 0.25) is 0 Å². The molecular formula is C34H31BrN2SZr. The first-order chi connectivity index (χ1) is 18.6. The van der Waals surface area contributed by atoms with Gasteiger partial charge >= 0.3 is 26.2 Å². The third kappa shape index (κ3) is 8.06. The predicted octanol–water partition coefficient (Wildman–Crippen LogP) is 11.2. The molecule has 0 N–H and O–H groups in total. The molecule has 1 heterocycles. The smallest absolute Gasteiger partial charge is 0.668 e. The summed E-state index contributed by atoms with van der Waals surface area (Å²) in [6, 6.07) is 41.2. The van der Waals surface area contributed by atoms with Crippen LogP contribution in [0.25, 0.3) is 63.5 Å². The Bertz CT molecular complexity index is 1720. The molecule has 0 spiro atoms. The standard InChI is InChI=1S/C15H10Br.C15H9S.2C2H6N.Zr/c16-15-8-4-7-12-9-13(10-14(12)15)11-5-2-1-3-6-11;1-2-10-8-14(3-1)16-15-5-4-11-6-12(10)7-13(11)9-15;2*1-3-2;/h1-10H;1-9H;2*1-2H3;/q4*-1;+4. The van der Waals surface area contributed by atoms with E-state index in [0.29, 0.717) is 0 Å². The van der Waals surface area contributed by atoms with Crippen LogP contribution in [0.5, 0.6) is 0 Å². The number of fused-ring (bicyclic) bond motifs is 6. The number of hydrogen-bond acceptors (Lipinski definition) is 1. The van der Waals surface area contributed by atoms with Crippen molar-refractivity contribution < 1.29 is 26.2 Å². The Morgan fingerprint density at radius 3 is 1.95 bits per heavy atom. The molecule has 0 aliphatic heterocycles. The van der Waals surface area contributed by atoms with E-state index < -0.39 is 0 Å². The minimum atomic E-state index is 0. The van der Waals surface area contributed by atoms with Crippen molar-refractivity contribution in [1.82, 2.24) is 0 Å². The summed E-state index contributed by atoms with van der Waals surface area (Å²) < 4.78 is 3.80. The first-order valence-corrected chi connectivity index (χ1v) is 14.0. The zero-order valence-electron chi connectivity index (χ0n) is 22.7. The Labute approximate surface area is 263 Å². The summed E-state index contributed by atoms with van der Waals surface area (Å²) in [6.45, 7) is 0. The second-order valence-electron chi connectivity index (χ2n) is 8.91. The monoisotopic (exact) mass is 668 g/mol. The second-order valence-corrected chi connectivity index (χ2v) is 10.9. The summed E-state index contributed by atoms with van der Waals surface area (Å²) in [5.41, 5.74) is 2.55. The van der Waals surface area contributed by atoms with Crippen molar-refractivity contribution in [3.8, 4) is 11.1 Å². The van der Waals surface area contributed by atoms with Crippen LogP contribution in [0.2, 0.25) is 0 Å². The predicted molar refractivity (Wildman–Crippen MR) is 176 cm³/mol. The van der Waals surface area contributed by atoms with Gasteiger partial charge in [0.05, 0.1) is 0 Å². The fourth-order valence-electron chi connectivity index (χ4n) is 4.29. The van der Waals surface area contributed by atoms with Crippen LogP contribution in [0.3, 0.4) is 0 Å². The molecule has 7 rings (SSSR count). The molecule has 0 saturated carbocycles. The summed E-state index contributed by atoms with van der Waals surface area (Å²) >= 11 is 5.42. The van der Waals surface area contributed by atoms with E-state index in [-0.39, 0.29) is 26.2 Å². The molecule has 2 nitrogen and oxygen atoms in total.